The molecule has 0 radical (unpaired) electrons. The van der Waals surface area contributed by atoms with Gasteiger partial charge in [0, 0.05) is 0 Å². The van der Waals surface area contributed by atoms with E-state index in [4.69, 9.17) is 9.49 Å². The molecule has 0 aliphatic carbocycles. The summed E-state index contributed by atoms with van der Waals surface area (Å²) in [7, 11) is 1.87. The first kappa shape index (κ1) is 23.8. The maximum atomic E-state index is 15.0. The van der Waals surface area contributed by atoms with E-state index in [0.29, 0.717) is 25.1 Å². The second-order valence-electron chi connectivity index (χ2n) is 7.77. The van der Waals surface area contributed by atoms with E-state index in [1.807, 2.05) is 11.9 Å². The van der Waals surface area contributed by atoms with Crippen LogP contribution in [0.2, 0.25) is 0 Å². The van der Waals surface area contributed by atoms with Crippen molar-refractivity contribution in [3.63, 3.8) is 0 Å². The molecule has 0 atom stereocenters. The van der Waals surface area contributed by atoms with Crippen molar-refractivity contribution in [3.05, 3.63) is 63.2 Å². The van der Waals surface area contributed by atoms with E-state index < -0.39 is 35.9 Å². The first-order valence-electron chi connectivity index (χ1n) is 9.62. The Morgan fingerprint density at radius 1 is 1.10 bits per heavy atom. The summed E-state index contributed by atoms with van der Waals surface area (Å²) in [6.07, 6.45) is 1.18. The number of alkyl halides is 5. The van der Waals surface area contributed by atoms with Crippen molar-refractivity contribution in [2.75, 3.05) is 20.1 Å². The van der Waals surface area contributed by atoms with Crippen LogP contribution in [0.1, 0.15) is 25.0 Å². The number of rotatable bonds is 8. The summed E-state index contributed by atoms with van der Waals surface area (Å²) in [5.74, 6) is 2.21. The third kappa shape index (κ3) is 4.99. The van der Waals surface area contributed by atoms with Gasteiger partial charge in [-0.05, 0) is 0 Å². The van der Waals surface area contributed by atoms with E-state index in [1.165, 1.54) is 18.2 Å². The predicted octanol–water partition coefficient (Wildman–Crippen LogP) is 5.92. The molecule has 3 rings (SSSR count). The van der Waals surface area contributed by atoms with Gasteiger partial charge in [0.2, 0.25) is 0 Å². The van der Waals surface area contributed by atoms with Gasteiger partial charge in [-0.25, -0.2) is 0 Å². The van der Waals surface area contributed by atoms with Gasteiger partial charge in [0.1, 0.15) is 0 Å². The number of halogens is 5. The normalized spacial score (nSPS) is 16.8. The van der Waals surface area contributed by atoms with Crippen LogP contribution in [0.15, 0.2) is 48.5 Å². The number of terminal acetylenes is 1. The molecule has 8 heteroatoms. The van der Waals surface area contributed by atoms with Crippen molar-refractivity contribution in [2.45, 2.75) is 35.9 Å². The van der Waals surface area contributed by atoms with Gasteiger partial charge >= 0.3 is 181 Å². The van der Waals surface area contributed by atoms with Gasteiger partial charge in [0.05, 0.1) is 0 Å². The minimum atomic E-state index is -4.71. The van der Waals surface area contributed by atoms with E-state index >= 15 is 8.78 Å². The molecule has 2 aromatic rings. The number of hydrogen-bond donors (Lipinski definition) is 0. The van der Waals surface area contributed by atoms with Crippen LogP contribution in [0.25, 0.3) is 0 Å². The molecular weight excluding hydrogens is 525 g/mol. The molecule has 2 aromatic carbocycles. The third-order valence-electron chi connectivity index (χ3n) is 4.84. The number of fused-ring (bicyclic) bond motifs is 1. The quantitative estimate of drug-likeness (QED) is 0.177. The molecule has 1 aliphatic rings. The molecule has 31 heavy (non-hydrogen) atoms. The number of likely N-dealkylation sites (N-methyl/N-ethyl adjacent to an activating group) is 1. The summed E-state index contributed by atoms with van der Waals surface area (Å²) in [6.45, 7) is 4.39. The van der Waals surface area contributed by atoms with Crippen molar-refractivity contribution in [2.24, 2.45) is 0 Å². The maximum absolute atomic E-state index is 15.0. The molecule has 0 N–H and O–H groups in total. The Labute approximate surface area is 187 Å². The van der Waals surface area contributed by atoms with E-state index in [0.717, 1.165) is 5.56 Å². The monoisotopic (exact) mass is 549 g/mol. The Bertz CT molecular complexity index is 957. The number of hydrogen-bond acceptors (Lipinski definition) is 3. The molecule has 3 nitrogen and oxygen atoms in total. The molecule has 1 aliphatic heterocycles. The molecule has 0 unspecified atom stereocenters. The average molecular weight is 549 g/mol. The zero-order valence-electron chi connectivity index (χ0n) is 17.5. The van der Waals surface area contributed by atoms with Crippen LogP contribution in [0.4, 0.5) is 17.6 Å². The summed E-state index contributed by atoms with van der Waals surface area (Å²) in [6, 6.07) is 12.0. The van der Waals surface area contributed by atoms with Crippen molar-refractivity contribution in [1.82, 2.24) is 4.90 Å². The van der Waals surface area contributed by atoms with E-state index in [1.54, 1.807) is 44.2 Å². The Kier molecular flexibility index (Phi) is 6.89. The fourth-order valence-corrected chi connectivity index (χ4v) is 8.29. The Morgan fingerprint density at radius 2 is 1.74 bits per heavy atom. The van der Waals surface area contributed by atoms with Crippen molar-refractivity contribution in [3.8, 4) is 18.1 Å². The van der Waals surface area contributed by atoms with Crippen LogP contribution in [0, 0.1) is 15.9 Å². The van der Waals surface area contributed by atoms with Gasteiger partial charge in [-0.3, -0.25) is 0 Å². The van der Waals surface area contributed by atoms with Crippen LogP contribution >= 0.6 is 20.2 Å². The molecule has 1 heterocycles. The van der Waals surface area contributed by atoms with E-state index in [-0.39, 0.29) is 9.32 Å². The summed E-state index contributed by atoms with van der Waals surface area (Å²) >= 11 is -4.07. The van der Waals surface area contributed by atoms with Crippen molar-refractivity contribution >= 4 is 20.2 Å². The van der Waals surface area contributed by atoms with Crippen LogP contribution in [-0.4, -0.2) is 35.1 Å². The first-order valence-corrected chi connectivity index (χ1v) is 12.7. The van der Waals surface area contributed by atoms with Gasteiger partial charge in [-0.1, -0.05) is 0 Å². The molecule has 0 fully saturated rings. The predicted molar refractivity (Wildman–Crippen MR) is 120 cm³/mol. The minimum absolute atomic E-state index is 0.191. The van der Waals surface area contributed by atoms with Crippen molar-refractivity contribution in [1.29, 1.82) is 0 Å². The van der Waals surface area contributed by atoms with Gasteiger partial charge in [0.25, 0.3) is 0 Å². The van der Waals surface area contributed by atoms with Gasteiger partial charge < -0.3 is 0 Å². The summed E-state index contributed by atoms with van der Waals surface area (Å²) in [5, 5.41) is 0. The molecule has 0 spiro atoms. The SMILES string of the molecule is C#CCN(C)CCc1ccc(OC(F)(F)C(F)(F)I2OC(C)(C)c3ccccc32)cc1. The van der Waals surface area contributed by atoms with Crippen molar-refractivity contribution < 1.29 is 25.4 Å². The van der Waals surface area contributed by atoms with Crippen LogP contribution in [0.5, 0.6) is 5.75 Å². The van der Waals surface area contributed by atoms with Crippen LogP contribution in [-0.2, 0) is 15.1 Å². The Morgan fingerprint density at radius 3 is 2.39 bits per heavy atom. The summed E-state index contributed by atoms with van der Waals surface area (Å²) in [5.41, 5.74) is 0.335. The zero-order chi connectivity index (χ0) is 22.9. The first-order chi connectivity index (χ1) is 14.5. The van der Waals surface area contributed by atoms with Gasteiger partial charge in [0.15, 0.2) is 0 Å². The van der Waals surface area contributed by atoms with Gasteiger partial charge in [-0.2, -0.15) is 0 Å². The molecule has 168 valence electrons. The topological polar surface area (TPSA) is 21.7 Å². The fourth-order valence-electron chi connectivity index (χ4n) is 3.14. The molecule has 0 aromatic heterocycles. The number of nitrogens with zero attached hydrogens (tertiary/aromatic N) is 1. The standard InChI is InChI=1S/C23H24F4INO2/c1-5-15-29(4)16-14-17-10-12-18(13-11-17)30-23(26,27)22(24,25)28-20-9-7-6-8-19(20)21(2,3)31-28/h1,6-13H,14-16H2,2-4H3. The molecule has 0 saturated heterocycles. The number of ether oxygens (including phenoxy) is 1. The molecular formula is C23H24F4INO2. The number of benzene rings is 2. The Balaban J connectivity index is 1.74. The second-order valence-corrected chi connectivity index (χ2v) is 12.1. The molecule has 0 bridgehead atoms. The molecule has 0 saturated carbocycles. The molecule has 0 amide bonds. The fraction of sp³-hybridized carbons (Fsp3) is 0.391. The zero-order valence-corrected chi connectivity index (χ0v) is 19.6. The summed E-state index contributed by atoms with van der Waals surface area (Å²) < 4.78 is 65.2. The van der Waals surface area contributed by atoms with E-state index in [9.17, 15) is 8.78 Å². The summed E-state index contributed by atoms with van der Waals surface area (Å²) in [4.78, 5) is 1.94. The van der Waals surface area contributed by atoms with Crippen LogP contribution in [0.3, 0.4) is 0 Å². The van der Waals surface area contributed by atoms with E-state index in [2.05, 4.69) is 10.7 Å². The van der Waals surface area contributed by atoms with Crippen LogP contribution < -0.4 is 4.74 Å². The van der Waals surface area contributed by atoms with Gasteiger partial charge in [-0.15, -0.1) is 6.42 Å². The second kappa shape index (κ2) is 8.96. The Hall–Kier alpha value is -1.83. The average Bonchev–Trinajstić information content (AvgIpc) is 2.99. The third-order valence-corrected chi connectivity index (χ3v) is 10.2.